The minimum Gasteiger partial charge on any atom is -0.497 e. The van der Waals surface area contributed by atoms with Crippen LogP contribution in [0.3, 0.4) is 0 Å². The fraction of sp³-hybridized carbons (Fsp3) is 0.357. The Labute approximate surface area is 209 Å². The number of anilines is 1. The quantitative estimate of drug-likeness (QED) is 0.225. The summed E-state index contributed by atoms with van der Waals surface area (Å²) in [6.07, 6.45) is 5.25. The van der Waals surface area contributed by atoms with E-state index < -0.39 is 0 Å². The number of unbranched alkanes of at least 4 members (excludes halogenated alkanes) is 1. The maximum atomic E-state index is 12.2. The molecule has 0 saturated carbocycles. The first-order valence-electron chi connectivity index (χ1n) is 12.3. The van der Waals surface area contributed by atoms with Crippen molar-refractivity contribution in [1.29, 1.82) is 0 Å². The molecule has 36 heavy (non-hydrogen) atoms. The van der Waals surface area contributed by atoms with Crippen LogP contribution in [-0.2, 0) is 11.2 Å². The number of carbonyl (C=O) groups excluding carboxylic acids is 1. The average Bonchev–Trinajstić information content (AvgIpc) is 3.32. The van der Waals surface area contributed by atoms with Gasteiger partial charge in [0, 0.05) is 60.8 Å². The molecule has 3 heterocycles. The van der Waals surface area contributed by atoms with Crippen LogP contribution in [0.5, 0.6) is 5.75 Å². The van der Waals surface area contributed by atoms with Crippen molar-refractivity contribution < 1.29 is 18.7 Å². The third-order valence-electron chi connectivity index (χ3n) is 7.00. The molecule has 4 aromatic rings. The normalized spacial score (nSPS) is 14.4. The second kappa shape index (κ2) is 10.5. The number of rotatable bonds is 8. The van der Waals surface area contributed by atoms with Crippen LogP contribution in [0, 0.1) is 0 Å². The van der Waals surface area contributed by atoms with E-state index in [4.69, 9.17) is 13.9 Å². The van der Waals surface area contributed by atoms with Gasteiger partial charge in [0.05, 0.1) is 25.5 Å². The predicted octanol–water partition coefficient (Wildman–Crippen LogP) is 4.21. The van der Waals surface area contributed by atoms with Gasteiger partial charge in [0.1, 0.15) is 11.3 Å². The summed E-state index contributed by atoms with van der Waals surface area (Å²) in [5.74, 6) is 0.350. The van der Waals surface area contributed by atoms with Crippen molar-refractivity contribution in [2.75, 3.05) is 51.8 Å². The van der Waals surface area contributed by atoms with E-state index in [0.29, 0.717) is 16.9 Å². The van der Waals surface area contributed by atoms with Crippen LogP contribution in [0.25, 0.3) is 21.9 Å². The molecule has 1 fully saturated rings. The highest BCUT2D eigenvalue weighted by atomic mass is 16.5. The number of methoxy groups -OCH3 is 2. The van der Waals surface area contributed by atoms with E-state index in [1.54, 1.807) is 19.2 Å². The van der Waals surface area contributed by atoms with Crippen molar-refractivity contribution >= 4 is 33.5 Å². The largest absolute Gasteiger partial charge is 0.497 e. The molecule has 0 radical (unpaired) electrons. The summed E-state index contributed by atoms with van der Waals surface area (Å²) in [5.41, 5.74) is 3.94. The van der Waals surface area contributed by atoms with Crippen LogP contribution >= 0.6 is 0 Å². The average molecular weight is 490 g/mol. The second-order valence-corrected chi connectivity index (χ2v) is 9.16. The molecule has 2 aromatic heterocycles. The van der Waals surface area contributed by atoms with Gasteiger partial charge in [-0.3, -0.25) is 4.90 Å². The smallest absolute Gasteiger partial charge is 0.338 e. The molecule has 1 aliphatic heterocycles. The van der Waals surface area contributed by atoms with Gasteiger partial charge in [-0.25, -0.2) is 9.59 Å². The highest BCUT2D eigenvalue weighted by molar-refractivity contribution is 5.95. The standard InChI is InChI=1S/C28H31N3O5/c1-34-21-7-9-23-25(17-27(32)36-26(23)16-21)31-13-11-30(12-14-31)10-4-3-5-20-18-29-24-15-19(28(33)35-2)6-8-22(20)24/h6-9,15-18,29H,3-5,10-14H2,1-2H3. The van der Waals surface area contributed by atoms with Crippen molar-refractivity contribution in [1.82, 2.24) is 9.88 Å². The van der Waals surface area contributed by atoms with Gasteiger partial charge in [-0.2, -0.15) is 0 Å². The van der Waals surface area contributed by atoms with Crippen molar-refractivity contribution in [2.45, 2.75) is 19.3 Å². The number of nitrogens with one attached hydrogen (secondary N) is 1. The lowest BCUT2D eigenvalue weighted by molar-refractivity contribution is 0.0601. The first-order chi connectivity index (χ1) is 17.6. The molecular formula is C28H31N3O5. The number of nitrogens with zero attached hydrogens (tertiary/aromatic N) is 2. The Kier molecular flexibility index (Phi) is 6.95. The van der Waals surface area contributed by atoms with Gasteiger partial charge in [-0.1, -0.05) is 6.07 Å². The number of ether oxygens (including phenoxy) is 2. The number of aryl methyl sites for hydroxylation is 1. The number of H-pyrrole nitrogens is 1. The van der Waals surface area contributed by atoms with Gasteiger partial charge in [0.15, 0.2) is 0 Å². The van der Waals surface area contributed by atoms with Crippen LogP contribution in [0.2, 0.25) is 0 Å². The molecule has 0 aliphatic carbocycles. The van der Waals surface area contributed by atoms with Gasteiger partial charge in [-0.05, 0) is 55.6 Å². The van der Waals surface area contributed by atoms with Crippen molar-refractivity contribution in [3.8, 4) is 5.75 Å². The molecular weight excluding hydrogens is 458 g/mol. The Morgan fingerprint density at radius 1 is 1.00 bits per heavy atom. The molecule has 5 rings (SSSR count). The Hall–Kier alpha value is -3.78. The second-order valence-electron chi connectivity index (χ2n) is 9.16. The molecule has 188 valence electrons. The number of hydrogen-bond donors (Lipinski definition) is 1. The number of carbonyl (C=O) groups is 1. The van der Waals surface area contributed by atoms with Crippen LogP contribution < -0.4 is 15.3 Å². The molecule has 1 saturated heterocycles. The maximum Gasteiger partial charge on any atom is 0.338 e. The van der Waals surface area contributed by atoms with E-state index >= 15 is 0 Å². The summed E-state index contributed by atoms with van der Waals surface area (Å²) in [6.45, 7) is 4.71. The van der Waals surface area contributed by atoms with E-state index in [1.807, 2.05) is 36.5 Å². The summed E-state index contributed by atoms with van der Waals surface area (Å²) < 4.78 is 15.5. The van der Waals surface area contributed by atoms with Crippen LogP contribution in [0.1, 0.15) is 28.8 Å². The molecule has 2 aromatic carbocycles. The van der Waals surface area contributed by atoms with Gasteiger partial charge < -0.3 is 23.8 Å². The number of hydrogen-bond acceptors (Lipinski definition) is 7. The Morgan fingerprint density at radius 2 is 1.81 bits per heavy atom. The molecule has 8 nitrogen and oxygen atoms in total. The fourth-order valence-corrected chi connectivity index (χ4v) is 5.02. The lowest BCUT2D eigenvalue weighted by atomic mass is 10.1. The Bertz CT molecular complexity index is 1430. The van der Waals surface area contributed by atoms with Gasteiger partial charge in [0.25, 0.3) is 0 Å². The van der Waals surface area contributed by atoms with Crippen LogP contribution in [0.4, 0.5) is 5.69 Å². The zero-order valence-electron chi connectivity index (χ0n) is 20.7. The number of benzene rings is 2. The van der Waals surface area contributed by atoms with E-state index in [2.05, 4.69) is 14.8 Å². The van der Waals surface area contributed by atoms with Crippen molar-refractivity contribution in [3.05, 3.63) is 70.2 Å². The van der Waals surface area contributed by atoms with E-state index in [-0.39, 0.29) is 11.6 Å². The minimum atomic E-state index is -0.341. The van der Waals surface area contributed by atoms with Gasteiger partial charge in [-0.15, -0.1) is 0 Å². The van der Waals surface area contributed by atoms with E-state index in [0.717, 1.165) is 74.0 Å². The SMILES string of the molecule is COC(=O)c1ccc2c(CCCCN3CCN(c4cc(=O)oc5cc(OC)ccc45)CC3)c[nH]c2c1. The fourth-order valence-electron chi connectivity index (χ4n) is 5.02. The lowest BCUT2D eigenvalue weighted by Crippen LogP contribution is -2.46. The molecule has 8 heteroatoms. The third-order valence-corrected chi connectivity index (χ3v) is 7.00. The van der Waals surface area contributed by atoms with Gasteiger partial charge in [0.2, 0.25) is 0 Å². The monoisotopic (exact) mass is 489 g/mol. The van der Waals surface area contributed by atoms with Crippen molar-refractivity contribution in [3.63, 3.8) is 0 Å². The highest BCUT2D eigenvalue weighted by Crippen LogP contribution is 2.29. The Morgan fingerprint density at radius 3 is 2.58 bits per heavy atom. The number of aromatic nitrogens is 1. The number of piperazine rings is 1. The summed E-state index contributed by atoms with van der Waals surface area (Å²) in [4.78, 5) is 32.0. The predicted molar refractivity (Wildman–Crippen MR) is 140 cm³/mol. The number of aromatic amines is 1. The zero-order valence-corrected chi connectivity index (χ0v) is 20.7. The topological polar surface area (TPSA) is 88.0 Å². The molecule has 0 unspecified atom stereocenters. The van der Waals surface area contributed by atoms with Crippen molar-refractivity contribution in [2.24, 2.45) is 0 Å². The molecule has 1 N–H and O–H groups in total. The number of fused-ring (bicyclic) bond motifs is 2. The van der Waals surface area contributed by atoms with E-state index in [1.165, 1.54) is 12.7 Å². The molecule has 0 spiro atoms. The van der Waals surface area contributed by atoms with Gasteiger partial charge >= 0.3 is 11.6 Å². The van der Waals surface area contributed by atoms with E-state index in [9.17, 15) is 9.59 Å². The summed E-state index contributed by atoms with van der Waals surface area (Å²) in [6, 6.07) is 12.9. The molecule has 0 amide bonds. The first-order valence-corrected chi connectivity index (χ1v) is 12.3. The summed E-state index contributed by atoms with van der Waals surface area (Å²) >= 11 is 0. The summed E-state index contributed by atoms with van der Waals surface area (Å²) in [5, 5.41) is 2.09. The molecule has 0 bridgehead atoms. The van der Waals surface area contributed by atoms with Crippen LogP contribution in [-0.4, -0.2) is 62.8 Å². The zero-order chi connectivity index (χ0) is 25.1. The Balaban J connectivity index is 1.13. The lowest BCUT2D eigenvalue weighted by Gasteiger charge is -2.36. The maximum absolute atomic E-state index is 12.2. The highest BCUT2D eigenvalue weighted by Gasteiger charge is 2.20. The molecule has 0 atom stereocenters. The minimum absolute atomic E-state index is 0.322. The first kappa shape index (κ1) is 23.9. The van der Waals surface area contributed by atoms with Crippen LogP contribution in [0.15, 0.2) is 57.9 Å². The third kappa shape index (κ3) is 4.95. The molecule has 1 aliphatic rings. The number of esters is 1. The summed E-state index contributed by atoms with van der Waals surface area (Å²) in [7, 11) is 3.00.